The summed E-state index contributed by atoms with van der Waals surface area (Å²) in [7, 11) is -2.17. The molecule has 0 N–H and O–H groups in total. The van der Waals surface area contributed by atoms with E-state index in [-0.39, 0.29) is 12.5 Å². The molecular weight excluding hydrogens is 374 g/mol. The first-order valence-electron chi connectivity index (χ1n) is 9.64. The van der Waals surface area contributed by atoms with Gasteiger partial charge in [0.1, 0.15) is 6.54 Å². The maximum absolute atomic E-state index is 12.8. The van der Waals surface area contributed by atoms with Crippen LogP contribution in [0.2, 0.25) is 0 Å². The van der Waals surface area contributed by atoms with Crippen molar-refractivity contribution in [3.8, 4) is 0 Å². The number of para-hydroxylation sites is 2. The van der Waals surface area contributed by atoms with Crippen molar-refractivity contribution >= 4 is 27.5 Å². The molecule has 6 nitrogen and oxygen atoms in total. The molecule has 2 aromatic carbocycles. The van der Waals surface area contributed by atoms with E-state index >= 15 is 0 Å². The van der Waals surface area contributed by atoms with E-state index in [1.54, 1.807) is 29.2 Å². The van der Waals surface area contributed by atoms with Gasteiger partial charge in [0.05, 0.1) is 11.4 Å². The highest BCUT2D eigenvalue weighted by Crippen LogP contribution is 2.39. The summed E-state index contributed by atoms with van der Waals surface area (Å²) in [6.07, 6.45) is 2.93. The normalized spacial score (nSPS) is 19.0. The van der Waals surface area contributed by atoms with E-state index in [1.165, 1.54) is 21.2 Å². The number of piperidine rings is 1. The zero-order valence-corrected chi connectivity index (χ0v) is 16.8. The van der Waals surface area contributed by atoms with E-state index in [9.17, 15) is 13.2 Å². The molecular formula is C21H25N3O3S. The van der Waals surface area contributed by atoms with Crippen LogP contribution in [0, 0.1) is 5.92 Å². The summed E-state index contributed by atoms with van der Waals surface area (Å²) in [5, 5.41) is 0. The fraction of sp³-hybridized carbons (Fsp3) is 0.381. The van der Waals surface area contributed by atoms with Crippen molar-refractivity contribution in [1.29, 1.82) is 0 Å². The van der Waals surface area contributed by atoms with Crippen LogP contribution in [0.3, 0.4) is 0 Å². The average Bonchev–Trinajstić information content (AvgIpc) is 2.90. The summed E-state index contributed by atoms with van der Waals surface area (Å²) in [4.78, 5) is 14.6. The minimum absolute atomic E-state index is 0.133. The maximum atomic E-state index is 12.8. The molecule has 0 aliphatic carbocycles. The minimum Gasteiger partial charge on any atom is -0.341 e. The number of hydrogen-bond donors (Lipinski definition) is 0. The van der Waals surface area contributed by atoms with Crippen LogP contribution in [0.1, 0.15) is 18.4 Å². The van der Waals surface area contributed by atoms with Crippen LogP contribution < -0.4 is 8.61 Å². The van der Waals surface area contributed by atoms with Crippen LogP contribution in [0.25, 0.3) is 0 Å². The van der Waals surface area contributed by atoms with Crippen LogP contribution >= 0.6 is 0 Å². The number of rotatable bonds is 4. The van der Waals surface area contributed by atoms with E-state index in [1.807, 2.05) is 6.07 Å². The first-order valence-corrected chi connectivity index (χ1v) is 11.0. The average molecular weight is 400 g/mol. The molecule has 2 aliphatic rings. The summed E-state index contributed by atoms with van der Waals surface area (Å²) >= 11 is 0. The van der Waals surface area contributed by atoms with Crippen LogP contribution in [-0.4, -0.2) is 45.9 Å². The van der Waals surface area contributed by atoms with Crippen molar-refractivity contribution in [2.75, 3.05) is 35.3 Å². The Morgan fingerprint density at radius 3 is 2.25 bits per heavy atom. The Labute approximate surface area is 166 Å². The van der Waals surface area contributed by atoms with E-state index in [4.69, 9.17) is 0 Å². The molecule has 0 spiro atoms. The van der Waals surface area contributed by atoms with Crippen molar-refractivity contribution in [3.05, 3.63) is 60.2 Å². The molecule has 28 heavy (non-hydrogen) atoms. The van der Waals surface area contributed by atoms with Gasteiger partial charge in [0.15, 0.2) is 0 Å². The van der Waals surface area contributed by atoms with E-state index in [2.05, 4.69) is 24.3 Å². The summed E-state index contributed by atoms with van der Waals surface area (Å²) in [6, 6.07) is 17.5. The van der Waals surface area contributed by atoms with E-state index in [0.717, 1.165) is 19.3 Å². The quantitative estimate of drug-likeness (QED) is 0.794. The van der Waals surface area contributed by atoms with Gasteiger partial charge in [-0.15, -0.1) is 0 Å². The lowest BCUT2D eigenvalue weighted by molar-refractivity contribution is -0.130. The SMILES string of the molecule is CN1c2ccccc2N(CC(=O)N2CCC(Cc3ccccc3)CC2)S1(=O)=O. The number of fused-ring (bicyclic) bond motifs is 1. The number of hydrogen-bond acceptors (Lipinski definition) is 3. The van der Waals surface area contributed by atoms with Crippen molar-refractivity contribution in [2.45, 2.75) is 19.3 Å². The third-order valence-corrected chi connectivity index (χ3v) is 7.50. The van der Waals surface area contributed by atoms with Crippen LogP contribution in [0.4, 0.5) is 11.4 Å². The molecule has 0 aromatic heterocycles. The first kappa shape index (κ1) is 18.8. The first-order chi connectivity index (χ1) is 13.5. The lowest BCUT2D eigenvalue weighted by Crippen LogP contribution is -2.46. The van der Waals surface area contributed by atoms with Gasteiger partial charge in [-0.1, -0.05) is 42.5 Å². The van der Waals surface area contributed by atoms with Crippen LogP contribution in [-0.2, 0) is 21.4 Å². The Hall–Kier alpha value is -2.54. The molecule has 0 saturated carbocycles. The molecule has 4 rings (SSSR count). The molecule has 2 aromatic rings. The monoisotopic (exact) mass is 399 g/mol. The maximum Gasteiger partial charge on any atom is 0.326 e. The Morgan fingerprint density at radius 1 is 0.964 bits per heavy atom. The fourth-order valence-corrected chi connectivity index (χ4v) is 5.44. The second-order valence-electron chi connectivity index (χ2n) is 7.48. The van der Waals surface area contributed by atoms with Gasteiger partial charge in [-0.2, -0.15) is 8.42 Å². The highest BCUT2D eigenvalue weighted by molar-refractivity contribution is 7.94. The zero-order valence-electron chi connectivity index (χ0n) is 16.0. The molecule has 7 heteroatoms. The van der Waals surface area contributed by atoms with Gasteiger partial charge in [-0.3, -0.25) is 9.10 Å². The molecule has 1 amide bonds. The standard InChI is InChI=1S/C21H25N3O3S/c1-22-19-9-5-6-10-20(19)24(28(22,26)27)16-21(25)23-13-11-18(12-14-23)15-17-7-3-2-4-8-17/h2-10,18H,11-16H2,1H3. The van der Waals surface area contributed by atoms with Gasteiger partial charge in [0.25, 0.3) is 0 Å². The fourth-order valence-electron chi connectivity index (χ4n) is 4.06. The van der Waals surface area contributed by atoms with Gasteiger partial charge in [-0.05, 0) is 42.9 Å². The highest BCUT2D eigenvalue weighted by Gasteiger charge is 2.39. The predicted octanol–water partition coefficient (Wildman–Crippen LogP) is 2.67. The molecule has 2 aliphatic heterocycles. The smallest absolute Gasteiger partial charge is 0.326 e. The molecule has 1 fully saturated rings. The Kier molecular flexibility index (Phi) is 5.02. The lowest BCUT2D eigenvalue weighted by Gasteiger charge is -2.33. The van der Waals surface area contributed by atoms with Crippen molar-refractivity contribution < 1.29 is 13.2 Å². The number of likely N-dealkylation sites (tertiary alicyclic amines) is 1. The Bertz CT molecular complexity index is 954. The number of nitrogens with zero attached hydrogens (tertiary/aromatic N) is 3. The number of anilines is 2. The van der Waals surface area contributed by atoms with Crippen molar-refractivity contribution in [1.82, 2.24) is 4.90 Å². The van der Waals surface area contributed by atoms with Gasteiger partial charge >= 0.3 is 10.2 Å². The number of carbonyl (C=O) groups is 1. The molecule has 0 bridgehead atoms. The van der Waals surface area contributed by atoms with Crippen LogP contribution in [0.15, 0.2) is 54.6 Å². The molecule has 2 heterocycles. The van der Waals surface area contributed by atoms with E-state index in [0.29, 0.717) is 30.4 Å². The molecule has 0 atom stereocenters. The lowest BCUT2D eigenvalue weighted by atomic mass is 9.90. The van der Waals surface area contributed by atoms with Gasteiger partial charge < -0.3 is 4.90 Å². The molecule has 0 unspecified atom stereocenters. The van der Waals surface area contributed by atoms with Crippen molar-refractivity contribution in [3.63, 3.8) is 0 Å². The molecule has 148 valence electrons. The minimum atomic E-state index is -3.69. The third kappa shape index (κ3) is 3.46. The summed E-state index contributed by atoms with van der Waals surface area (Å²) in [5.74, 6) is 0.431. The number of amides is 1. The van der Waals surface area contributed by atoms with Crippen LogP contribution in [0.5, 0.6) is 0 Å². The molecule has 0 radical (unpaired) electrons. The van der Waals surface area contributed by atoms with E-state index < -0.39 is 10.2 Å². The Morgan fingerprint density at radius 2 is 1.57 bits per heavy atom. The highest BCUT2D eigenvalue weighted by atomic mass is 32.2. The number of carbonyl (C=O) groups excluding carboxylic acids is 1. The van der Waals surface area contributed by atoms with Gasteiger partial charge in [-0.25, -0.2) is 4.31 Å². The van der Waals surface area contributed by atoms with Crippen molar-refractivity contribution in [2.24, 2.45) is 5.92 Å². The second-order valence-corrected chi connectivity index (χ2v) is 9.37. The molecule has 1 saturated heterocycles. The Balaban J connectivity index is 1.39. The third-order valence-electron chi connectivity index (χ3n) is 5.73. The second kappa shape index (κ2) is 7.47. The summed E-state index contributed by atoms with van der Waals surface area (Å²) in [6.45, 7) is 1.22. The summed E-state index contributed by atoms with van der Waals surface area (Å²) in [5.41, 5.74) is 2.50. The largest absolute Gasteiger partial charge is 0.341 e. The van der Waals surface area contributed by atoms with Gasteiger partial charge in [0, 0.05) is 20.1 Å². The number of benzene rings is 2. The predicted molar refractivity (Wildman–Crippen MR) is 111 cm³/mol. The zero-order chi connectivity index (χ0) is 19.7. The topological polar surface area (TPSA) is 60.9 Å². The summed E-state index contributed by atoms with van der Waals surface area (Å²) < 4.78 is 27.9. The van der Waals surface area contributed by atoms with Gasteiger partial charge in [0.2, 0.25) is 5.91 Å².